The molecule has 1 aromatic carbocycles. The van der Waals surface area contributed by atoms with Gasteiger partial charge in [-0.1, -0.05) is 25.1 Å². The fourth-order valence-electron chi connectivity index (χ4n) is 2.15. The van der Waals surface area contributed by atoms with Crippen LogP contribution >= 0.6 is 0 Å². The average molecular weight is 273 g/mol. The van der Waals surface area contributed by atoms with Gasteiger partial charge in [0.2, 0.25) is 5.91 Å². The van der Waals surface area contributed by atoms with E-state index in [0.717, 1.165) is 6.07 Å². The summed E-state index contributed by atoms with van der Waals surface area (Å²) >= 11 is 0. The van der Waals surface area contributed by atoms with E-state index in [9.17, 15) is 18.0 Å². The van der Waals surface area contributed by atoms with Crippen LogP contribution in [0.5, 0.6) is 0 Å². The van der Waals surface area contributed by atoms with Crippen LogP contribution in [0.3, 0.4) is 0 Å². The van der Waals surface area contributed by atoms with E-state index in [2.05, 4.69) is 0 Å². The second-order valence-electron chi connectivity index (χ2n) is 4.47. The van der Waals surface area contributed by atoms with Gasteiger partial charge in [0.1, 0.15) is 0 Å². The molecule has 5 heteroatoms. The summed E-state index contributed by atoms with van der Waals surface area (Å²) in [7, 11) is 0. The monoisotopic (exact) mass is 273 g/mol. The smallest absolute Gasteiger partial charge is 0.336 e. The number of benzene rings is 1. The Morgan fingerprint density at radius 3 is 2.37 bits per heavy atom. The van der Waals surface area contributed by atoms with Crippen LogP contribution in [-0.2, 0) is 11.0 Å². The summed E-state index contributed by atoms with van der Waals surface area (Å²) in [6.07, 6.45) is -3.70. The van der Waals surface area contributed by atoms with Crippen LogP contribution in [0.1, 0.15) is 44.4 Å². The molecule has 0 aliphatic rings. The molecule has 1 aromatic rings. The number of nitrogens with zero attached hydrogens (tertiary/aromatic N) is 1. The van der Waals surface area contributed by atoms with Gasteiger partial charge in [0.25, 0.3) is 0 Å². The molecule has 0 N–H and O–H groups in total. The van der Waals surface area contributed by atoms with Crippen LogP contribution in [0.25, 0.3) is 0 Å². The molecule has 0 fully saturated rings. The van der Waals surface area contributed by atoms with Crippen LogP contribution in [0.4, 0.5) is 13.2 Å². The summed E-state index contributed by atoms with van der Waals surface area (Å²) in [4.78, 5) is 13.0. The number of rotatable bonds is 4. The van der Waals surface area contributed by atoms with Gasteiger partial charge in [-0.25, -0.2) is 0 Å². The molecule has 106 valence electrons. The standard InChI is InChI=1S/C14H18F3NO/c1-4-9-18(11(3)19)10(2)12-7-5-6-8-13(12)14(15,16)17/h5-8,10H,4,9H2,1-3H3/t10-/m0/s1. The van der Waals surface area contributed by atoms with E-state index in [-0.39, 0.29) is 11.5 Å². The van der Waals surface area contributed by atoms with E-state index in [4.69, 9.17) is 0 Å². The van der Waals surface area contributed by atoms with Gasteiger partial charge < -0.3 is 4.90 Å². The minimum atomic E-state index is -4.40. The predicted octanol–water partition coefficient (Wildman–Crippen LogP) is 4.02. The average Bonchev–Trinajstić information content (AvgIpc) is 2.33. The molecule has 0 aliphatic carbocycles. The third-order valence-corrected chi connectivity index (χ3v) is 3.05. The topological polar surface area (TPSA) is 20.3 Å². The molecule has 0 saturated carbocycles. The summed E-state index contributed by atoms with van der Waals surface area (Å²) in [6, 6.07) is 4.81. The maximum absolute atomic E-state index is 13.0. The van der Waals surface area contributed by atoms with Gasteiger partial charge in [0, 0.05) is 13.5 Å². The van der Waals surface area contributed by atoms with Crippen molar-refractivity contribution in [3.8, 4) is 0 Å². The number of carbonyl (C=O) groups excluding carboxylic acids is 1. The molecule has 0 bridgehead atoms. The second-order valence-corrected chi connectivity index (χ2v) is 4.47. The van der Waals surface area contributed by atoms with E-state index in [1.165, 1.54) is 24.0 Å². The molecule has 0 spiro atoms. The van der Waals surface area contributed by atoms with E-state index >= 15 is 0 Å². The fourth-order valence-corrected chi connectivity index (χ4v) is 2.15. The number of hydrogen-bond acceptors (Lipinski definition) is 1. The Morgan fingerprint density at radius 2 is 1.89 bits per heavy atom. The van der Waals surface area contributed by atoms with E-state index < -0.39 is 17.8 Å². The highest BCUT2D eigenvalue weighted by atomic mass is 19.4. The molecule has 0 aliphatic heterocycles. The lowest BCUT2D eigenvalue weighted by Gasteiger charge is -2.30. The minimum absolute atomic E-state index is 0.138. The zero-order chi connectivity index (χ0) is 14.6. The van der Waals surface area contributed by atoms with Crippen molar-refractivity contribution in [2.45, 2.75) is 39.4 Å². The van der Waals surface area contributed by atoms with Crippen LogP contribution in [0.2, 0.25) is 0 Å². The molecular weight excluding hydrogens is 255 g/mol. The highest BCUT2D eigenvalue weighted by molar-refractivity contribution is 5.73. The van der Waals surface area contributed by atoms with Gasteiger partial charge in [-0.2, -0.15) is 13.2 Å². The molecule has 19 heavy (non-hydrogen) atoms. The van der Waals surface area contributed by atoms with Gasteiger partial charge in [0.05, 0.1) is 11.6 Å². The quantitative estimate of drug-likeness (QED) is 0.811. The number of halogens is 3. The van der Waals surface area contributed by atoms with Crippen molar-refractivity contribution in [3.05, 3.63) is 35.4 Å². The molecular formula is C14H18F3NO. The maximum atomic E-state index is 13.0. The molecule has 0 unspecified atom stereocenters. The third-order valence-electron chi connectivity index (χ3n) is 3.05. The van der Waals surface area contributed by atoms with Gasteiger partial charge in [0.15, 0.2) is 0 Å². The van der Waals surface area contributed by atoms with Gasteiger partial charge in [-0.05, 0) is 25.0 Å². The van der Waals surface area contributed by atoms with Gasteiger partial charge >= 0.3 is 6.18 Å². The Hall–Kier alpha value is -1.52. The highest BCUT2D eigenvalue weighted by Gasteiger charge is 2.35. The summed E-state index contributed by atoms with van der Waals surface area (Å²) in [5.74, 6) is -0.216. The Kier molecular flexibility index (Phi) is 4.97. The first-order chi connectivity index (χ1) is 8.79. The summed E-state index contributed by atoms with van der Waals surface area (Å²) in [6.45, 7) is 5.34. The second kappa shape index (κ2) is 6.08. The maximum Gasteiger partial charge on any atom is 0.416 e. The Balaban J connectivity index is 3.18. The zero-order valence-electron chi connectivity index (χ0n) is 11.3. The Labute approximate surface area is 111 Å². The highest BCUT2D eigenvalue weighted by Crippen LogP contribution is 2.36. The SMILES string of the molecule is CCCN(C(C)=O)[C@@H](C)c1ccccc1C(F)(F)F. The van der Waals surface area contributed by atoms with Crippen LogP contribution in [0.15, 0.2) is 24.3 Å². The summed E-state index contributed by atoms with van der Waals surface area (Å²) in [5, 5.41) is 0. The van der Waals surface area contributed by atoms with Crippen LogP contribution in [-0.4, -0.2) is 17.4 Å². The first kappa shape index (κ1) is 15.5. The molecule has 1 amide bonds. The lowest BCUT2D eigenvalue weighted by molar-refractivity contribution is -0.140. The molecule has 0 saturated heterocycles. The summed E-state index contributed by atoms with van der Waals surface area (Å²) < 4.78 is 38.9. The van der Waals surface area contributed by atoms with Crippen molar-refractivity contribution < 1.29 is 18.0 Å². The molecule has 0 aromatic heterocycles. The summed E-state index contributed by atoms with van der Waals surface area (Å²) in [5.41, 5.74) is -0.538. The first-order valence-electron chi connectivity index (χ1n) is 6.22. The molecule has 2 nitrogen and oxygen atoms in total. The van der Waals surface area contributed by atoms with Gasteiger partial charge in [-0.3, -0.25) is 4.79 Å². The fraction of sp³-hybridized carbons (Fsp3) is 0.500. The van der Waals surface area contributed by atoms with Crippen molar-refractivity contribution in [1.82, 2.24) is 4.90 Å². The van der Waals surface area contributed by atoms with Crippen molar-refractivity contribution in [2.24, 2.45) is 0 Å². The normalized spacial score (nSPS) is 13.2. The van der Waals surface area contributed by atoms with Crippen molar-refractivity contribution >= 4 is 5.91 Å². The minimum Gasteiger partial charge on any atom is -0.336 e. The zero-order valence-corrected chi connectivity index (χ0v) is 11.3. The van der Waals surface area contributed by atoms with E-state index in [0.29, 0.717) is 13.0 Å². The molecule has 1 atom stereocenters. The van der Waals surface area contributed by atoms with Crippen LogP contribution < -0.4 is 0 Å². The molecule has 0 heterocycles. The Bertz CT molecular complexity index is 443. The largest absolute Gasteiger partial charge is 0.416 e. The Morgan fingerprint density at radius 1 is 1.32 bits per heavy atom. The number of alkyl halides is 3. The van der Waals surface area contributed by atoms with Crippen LogP contribution in [0, 0.1) is 0 Å². The van der Waals surface area contributed by atoms with Gasteiger partial charge in [-0.15, -0.1) is 0 Å². The predicted molar refractivity (Wildman–Crippen MR) is 67.5 cm³/mol. The number of amides is 1. The van der Waals surface area contributed by atoms with E-state index in [1.807, 2.05) is 6.92 Å². The third kappa shape index (κ3) is 3.72. The van der Waals surface area contributed by atoms with Crippen molar-refractivity contribution in [1.29, 1.82) is 0 Å². The number of hydrogen-bond donors (Lipinski definition) is 0. The van der Waals surface area contributed by atoms with Crippen molar-refractivity contribution in [3.63, 3.8) is 0 Å². The lowest BCUT2D eigenvalue weighted by Crippen LogP contribution is -2.33. The van der Waals surface area contributed by atoms with E-state index in [1.54, 1.807) is 13.0 Å². The molecule has 1 rings (SSSR count). The molecule has 0 radical (unpaired) electrons. The lowest BCUT2D eigenvalue weighted by atomic mass is 9.99. The first-order valence-corrected chi connectivity index (χ1v) is 6.22. The number of carbonyl (C=O) groups is 1. The van der Waals surface area contributed by atoms with Crippen molar-refractivity contribution in [2.75, 3.05) is 6.54 Å².